The van der Waals surface area contributed by atoms with Crippen LogP contribution in [0.4, 0.5) is 10.2 Å². The summed E-state index contributed by atoms with van der Waals surface area (Å²) in [6.07, 6.45) is -1.07. The van der Waals surface area contributed by atoms with Gasteiger partial charge in [-0.1, -0.05) is 6.58 Å². The standard InChI is InChI=1S/C12H19FN3O12P3/c1-6-4-16(11(18)15-10(6)14)8-3-9(17)12(13,7(8)2)5-26-30(22,23)28-31(24,25)27-29(19,20)21/h4,8-9,17H,2-3,5H2,1H3,(H,22,23)(H,24,25)(H2,14,15,18)(H2,19,20,21)/t8-,9-,12+/m0/s1. The molecule has 0 saturated heterocycles. The minimum absolute atomic E-state index is 0.0652. The molecule has 0 spiro atoms. The number of aliphatic hydroxyl groups is 1. The molecule has 7 N–H and O–H groups in total. The maximum absolute atomic E-state index is 15.4. The van der Waals surface area contributed by atoms with Crippen molar-refractivity contribution in [1.82, 2.24) is 9.55 Å². The summed E-state index contributed by atoms with van der Waals surface area (Å²) in [5, 5.41) is 10.1. The molecule has 1 heterocycles. The number of hydrogen-bond acceptors (Lipinski definition) is 10. The number of nitrogens with zero attached hydrogens (tertiary/aromatic N) is 2. The maximum Gasteiger partial charge on any atom is 0.490 e. The Morgan fingerprint density at radius 2 is 1.87 bits per heavy atom. The molecule has 1 aromatic rings. The van der Waals surface area contributed by atoms with Gasteiger partial charge in [-0.15, -0.1) is 0 Å². The second kappa shape index (κ2) is 8.58. The van der Waals surface area contributed by atoms with Gasteiger partial charge < -0.3 is 30.4 Å². The van der Waals surface area contributed by atoms with Crippen LogP contribution in [0.5, 0.6) is 0 Å². The number of phosphoric ester groups is 1. The minimum atomic E-state index is -5.80. The van der Waals surface area contributed by atoms with Crippen LogP contribution >= 0.6 is 23.5 Å². The van der Waals surface area contributed by atoms with Crippen LogP contribution in [0, 0.1) is 6.92 Å². The van der Waals surface area contributed by atoms with Crippen LogP contribution in [0.15, 0.2) is 23.1 Å². The van der Waals surface area contributed by atoms with E-state index in [1.165, 1.54) is 13.1 Å². The van der Waals surface area contributed by atoms with Gasteiger partial charge in [-0.25, -0.2) is 22.9 Å². The first-order chi connectivity index (χ1) is 13.9. The predicted octanol–water partition coefficient (Wildman–Crippen LogP) is 0.0474. The third kappa shape index (κ3) is 6.15. The van der Waals surface area contributed by atoms with E-state index in [-0.39, 0.29) is 5.82 Å². The average Bonchev–Trinajstić information content (AvgIpc) is 2.78. The second-order valence-corrected chi connectivity index (χ2v) is 10.9. The third-order valence-electron chi connectivity index (χ3n) is 4.27. The number of nitrogens with two attached hydrogens (primary N) is 1. The van der Waals surface area contributed by atoms with E-state index in [0.717, 1.165) is 4.57 Å². The van der Waals surface area contributed by atoms with Gasteiger partial charge in [0.15, 0.2) is 5.67 Å². The van der Waals surface area contributed by atoms with E-state index in [4.69, 9.17) is 20.4 Å². The Kier molecular flexibility index (Phi) is 7.19. The predicted molar refractivity (Wildman–Crippen MR) is 100 cm³/mol. The molecule has 2 rings (SSSR count). The molecule has 1 fully saturated rings. The number of anilines is 1. The van der Waals surface area contributed by atoms with Crippen molar-refractivity contribution in [2.24, 2.45) is 0 Å². The van der Waals surface area contributed by atoms with Crippen LogP contribution < -0.4 is 11.4 Å². The molecule has 15 nitrogen and oxygen atoms in total. The van der Waals surface area contributed by atoms with Gasteiger partial charge in [0.05, 0.1) is 18.8 Å². The maximum atomic E-state index is 15.4. The highest BCUT2D eigenvalue weighted by molar-refractivity contribution is 7.66. The van der Waals surface area contributed by atoms with E-state index in [9.17, 15) is 28.5 Å². The number of halogens is 1. The normalized spacial score (nSPS) is 28.3. The SMILES string of the molecule is C=C1[C@@H](n2cc(C)c(N)nc2=O)C[C@H](O)[C@@]1(F)COP(=O)(O)OP(=O)(O)OP(=O)(O)O. The first kappa shape index (κ1) is 26.0. The van der Waals surface area contributed by atoms with Gasteiger partial charge in [0.1, 0.15) is 5.82 Å². The molecule has 1 aromatic heterocycles. The fourth-order valence-corrected chi connectivity index (χ4v) is 5.83. The Hall–Kier alpha value is -1.28. The van der Waals surface area contributed by atoms with E-state index in [2.05, 4.69) is 24.7 Å². The highest BCUT2D eigenvalue weighted by Crippen LogP contribution is 2.66. The fourth-order valence-electron chi connectivity index (χ4n) is 2.78. The molecular formula is C12H19FN3O12P3. The number of aryl methyl sites for hydroxylation is 1. The fraction of sp³-hybridized carbons (Fsp3) is 0.500. The Balaban J connectivity index is 2.20. The number of aromatic nitrogens is 2. The number of rotatable bonds is 8. The van der Waals surface area contributed by atoms with Crippen LogP contribution in [0.3, 0.4) is 0 Å². The monoisotopic (exact) mass is 509 g/mol. The number of phosphoric acid groups is 3. The topological polar surface area (TPSA) is 241 Å². The van der Waals surface area contributed by atoms with Gasteiger partial charge in [0.25, 0.3) is 0 Å². The summed E-state index contributed by atoms with van der Waals surface area (Å²) in [6.45, 7) is 3.53. The highest BCUT2D eigenvalue weighted by atomic mass is 31.3. The van der Waals surface area contributed by atoms with Gasteiger partial charge in [-0.3, -0.25) is 9.09 Å². The Bertz CT molecular complexity index is 1090. The zero-order chi connectivity index (χ0) is 24.0. The van der Waals surface area contributed by atoms with Crippen LogP contribution in [-0.4, -0.2) is 52.6 Å². The Morgan fingerprint density at radius 3 is 2.42 bits per heavy atom. The zero-order valence-corrected chi connectivity index (χ0v) is 18.3. The van der Waals surface area contributed by atoms with Crippen LogP contribution in [0.2, 0.25) is 0 Å². The number of alkyl halides is 1. The summed E-state index contributed by atoms with van der Waals surface area (Å²) >= 11 is 0. The smallest absolute Gasteiger partial charge is 0.389 e. The molecule has 0 radical (unpaired) electrons. The first-order valence-electron chi connectivity index (χ1n) is 8.07. The quantitative estimate of drug-likeness (QED) is 0.200. The van der Waals surface area contributed by atoms with Crippen molar-refractivity contribution in [3.8, 4) is 0 Å². The van der Waals surface area contributed by atoms with E-state index in [0.29, 0.717) is 5.56 Å². The molecule has 1 saturated carbocycles. The summed E-state index contributed by atoms with van der Waals surface area (Å²) in [5.74, 6) is -0.0652. The molecule has 31 heavy (non-hydrogen) atoms. The summed E-state index contributed by atoms with van der Waals surface area (Å²) in [4.78, 5) is 51.2. The Labute approximate surface area is 173 Å². The summed E-state index contributed by atoms with van der Waals surface area (Å²) in [7, 11) is -17.0. The second-order valence-electron chi connectivity index (χ2n) is 6.52. The molecule has 0 bridgehead atoms. The van der Waals surface area contributed by atoms with E-state index in [1.54, 1.807) is 0 Å². The van der Waals surface area contributed by atoms with Crippen molar-refractivity contribution < 1.29 is 55.9 Å². The molecule has 176 valence electrons. The molecule has 19 heteroatoms. The lowest BCUT2D eigenvalue weighted by Gasteiger charge is -2.26. The van der Waals surface area contributed by atoms with Crippen molar-refractivity contribution in [2.75, 3.05) is 12.3 Å². The van der Waals surface area contributed by atoms with Gasteiger partial charge in [0.2, 0.25) is 0 Å². The number of nitrogen functional groups attached to an aromatic ring is 1. The van der Waals surface area contributed by atoms with Gasteiger partial charge >= 0.3 is 29.2 Å². The molecular weight excluding hydrogens is 490 g/mol. The van der Waals surface area contributed by atoms with Gasteiger partial charge in [0, 0.05) is 18.2 Å². The third-order valence-corrected chi connectivity index (χ3v) is 8.06. The number of aliphatic hydroxyl groups excluding tert-OH is 1. The summed E-state index contributed by atoms with van der Waals surface area (Å²) < 4.78 is 61.4. The summed E-state index contributed by atoms with van der Waals surface area (Å²) in [6, 6.07) is -1.15. The Morgan fingerprint density at radius 1 is 1.29 bits per heavy atom. The lowest BCUT2D eigenvalue weighted by atomic mass is 9.99. The van der Waals surface area contributed by atoms with Crippen LogP contribution in [0.25, 0.3) is 0 Å². The van der Waals surface area contributed by atoms with E-state index >= 15 is 4.39 Å². The van der Waals surface area contributed by atoms with Crippen molar-refractivity contribution in [1.29, 1.82) is 0 Å². The van der Waals surface area contributed by atoms with Crippen molar-refractivity contribution in [3.63, 3.8) is 0 Å². The minimum Gasteiger partial charge on any atom is -0.389 e. The van der Waals surface area contributed by atoms with Crippen molar-refractivity contribution >= 4 is 29.3 Å². The molecule has 0 aromatic carbocycles. The lowest BCUT2D eigenvalue weighted by molar-refractivity contribution is -0.00238. The lowest BCUT2D eigenvalue weighted by Crippen LogP contribution is -2.39. The van der Waals surface area contributed by atoms with Crippen molar-refractivity contribution in [2.45, 2.75) is 31.2 Å². The molecule has 2 unspecified atom stereocenters. The van der Waals surface area contributed by atoms with Crippen LogP contribution in [0.1, 0.15) is 18.0 Å². The number of hydrogen-bond donors (Lipinski definition) is 6. The highest BCUT2D eigenvalue weighted by Gasteiger charge is 2.53. The average molecular weight is 509 g/mol. The molecule has 1 aliphatic rings. The zero-order valence-electron chi connectivity index (χ0n) is 15.6. The van der Waals surface area contributed by atoms with Gasteiger partial charge in [-0.05, 0) is 12.5 Å². The van der Waals surface area contributed by atoms with E-state index in [1.807, 2.05) is 0 Å². The molecule has 0 aliphatic heterocycles. The van der Waals surface area contributed by atoms with E-state index < -0.39 is 65.6 Å². The molecule has 1 aliphatic carbocycles. The largest absolute Gasteiger partial charge is 0.490 e. The van der Waals surface area contributed by atoms with Crippen LogP contribution in [-0.2, 0) is 26.8 Å². The molecule has 0 amide bonds. The summed E-state index contributed by atoms with van der Waals surface area (Å²) in [5.41, 5.74) is 1.64. The van der Waals surface area contributed by atoms with Gasteiger partial charge in [-0.2, -0.15) is 13.6 Å². The first-order valence-corrected chi connectivity index (χ1v) is 12.6. The molecule has 5 atom stereocenters. The van der Waals surface area contributed by atoms with Crippen molar-refractivity contribution in [3.05, 3.63) is 34.4 Å².